The largest absolute Gasteiger partial charge is 0.396 e. The van der Waals surface area contributed by atoms with Gasteiger partial charge in [0, 0.05) is 18.6 Å². The molecule has 0 radical (unpaired) electrons. The molecule has 0 saturated heterocycles. The van der Waals surface area contributed by atoms with Gasteiger partial charge in [0.05, 0.1) is 16.9 Å². The number of aliphatic hydroxyl groups is 1. The predicted octanol–water partition coefficient (Wildman–Crippen LogP) is 2.06. The highest BCUT2D eigenvalue weighted by atomic mass is 35.5. The number of aromatic nitrogens is 3. The standard InChI is InChI=1S/C17H19ClN4O2/c18-13-3-1-2-4-15(13)22-8-14(20-21-22)17(24)19-16-11-6-5-10(7-11)12(16)9-23/h1-4,8,10-12,16,23H,5-7,9H2,(H,19,24). The van der Waals surface area contributed by atoms with Crippen molar-refractivity contribution < 1.29 is 9.90 Å². The normalized spacial score (nSPS) is 28.2. The number of fused-ring (bicyclic) bond motifs is 2. The van der Waals surface area contributed by atoms with Gasteiger partial charge in [-0.2, -0.15) is 0 Å². The Balaban J connectivity index is 1.51. The third-order valence-electron chi connectivity index (χ3n) is 5.42. The summed E-state index contributed by atoms with van der Waals surface area (Å²) in [6, 6.07) is 7.30. The molecule has 2 aromatic rings. The number of hydrogen-bond acceptors (Lipinski definition) is 4. The fourth-order valence-electron chi connectivity index (χ4n) is 4.25. The molecule has 2 aliphatic rings. The molecule has 7 heteroatoms. The minimum atomic E-state index is -0.246. The molecule has 2 aliphatic carbocycles. The number of rotatable bonds is 4. The van der Waals surface area contributed by atoms with Crippen molar-refractivity contribution in [3.63, 3.8) is 0 Å². The smallest absolute Gasteiger partial charge is 0.273 e. The fraction of sp³-hybridized carbons (Fsp3) is 0.471. The predicted molar refractivity (Wildman–Crippen MR) is 89.0 cm³/mol. The van der Waals surface area contributed by atoms with Gasteiger partial charge in [0.25, 0.3) is 5.91 Å². The topological polar surface area (TPSA) is 80.0 Å². The average Bonchev–Trinajstić information content (AvgIpc) is 3.31. The van der Waals surface area contributed by atoms with Crippen molar-refractivity contribution in [2.75, 3.05) is 6.61 Å². The number of hydrogen-bond donors (Lipinski definition) is 2. The molecule has 1 amide bonds. The first-order valence-electron chi connectivity index (χ1n) is 8.26. The average molecular weight is 347 g/mol. The number of carbonyl (C=O) groups excluding carboxylic acids is 1. The van der Waals surface area contributed by atoms with Crippen molar-refractivity contribution in [1.29, 1.82) is 0 Å². The van der Waals surface area contributed by atoms with Gasteiger partial charge in [-0.05, 0) is 43.2 Å². The number of benzene rings is 1. The molecule has 4 atom stereocenters. The zero-order valence-corrected chi connectivity index (χ0v) is 13.9. The van der Waals surface area contributed by atoms with Crippen LogP contribution in [0.25, 0.3) is 5.69 Å². The van der Waals surface area contributed by atoms with Crippen LogP contribution in [0.3, 0.4) is 0 Å². The quantitative estimate of drug-likeness (QED) is 0.888. The SMILES string of the molecule is O=C(NC1C2CCC(C2)C1CO)c1cn(-c2ccccc2Cl)nn1. The Hall–Kier alpha value is -1.92. The highest BCUT2D eigenvalue weighted by molar-refractivity contribution is 6.32. The molecular weight excluding hydrogens is 328 g/mol. The molecule has 0 aliphatic heterocycles. The van der Waals surface area contributed by atoms with Crippen molar-refractivity contribution in [2.45, 2.75) is 25.3 Å². The van der Waals surface area contributed by atoms with E-state index in [0.717, 1.165) is 19.3 Å². The van der Waals surface area contributed by atoms with Crippen molar-refractivity contribution in [2.24, 2.45) is 17.8 Å². The number of carbonyl (C=O) groups is 1. The van der Waals surface area contributed by atoms with Crippen LogP contribution in [0.2, 0.25) is 5.02 Å². The van der Waals surface area contributed by atoms with Crippen LogP contribution < -0.4 is 5.32 Å². The summed E-state index contributed by atoms with van der Waals surface area (Å²) in [6.07, 6.45) is 4.96. The second kappa shape index (κ2) is 6.18. The van der Waals surface area contributed by atoms with Gasteiger partial charge in [-0.3, -0.25) is 4.79 Å². The third-order valence-corrected chi connectivity index (χ3v) is 5.74. The molecule has 1 aromatic carbocycles. The van der Waals surface area contributed by atoms with Gasteiger partial charge >= 0.3 is 0 Å². The molecular formula is C17H19ClN4O2. The van der Waals surface area contributed by atoms with E-state index in [0.29, 0.717) is 22.5 Å². The molecule has 2 fully saturated rings. The van der Waals surface area contributed by atoms with Crippen LogP contribution in [0.4, 0.5) is 0 Å². The first-order valence-corrected chi connectivity index (χ1v) is 8.64. The van der Waals surface area contributed by atoms with Gasteiger partial charge in [0.15, 0.2) is 5.69 Å². The van der Waals surface area contributed by atoms with Crippen LogP contribution in [-0.4, -0.2) is 38.7 Å². The van der Waals surface area contributed by atoms with E-state index in [1.165, 1.54) is 4.68 Å². The lowest BCUT2D eigenvalue weighted by Crippen LogP contribution is -2.45. The highest BCUT2D eigenvalue weighted by Gasteiger charge is 2.47. The molecule has 2 saturated carbocycles. The second-order valence-electron chi connectivity index (χ2n) is 6.68. The minimum absolute atomic E-state index is 0.0340. The summed E-state index contributed by atoms with van der Waals surface area (Å²) in [4.78, 5) is 12.5. The molecule has 4 unspecified atom stereocenters. The van der Waals surface area contributed by atoms with E-state index in [2.05, 4.69) is 15.6 Å². The van der Waals surface area contributed by atoms with Gasteiger partial charge in [-0.1, -0.05) is 28.9 Å². The molecule has 6 nitrogen and oxygen atoms in total. The van der Waals surface area contributed by atoms with Crippen LogP contribution in [0.1, 0.15) is 29.8 Å². The van der Waals surface area contributed by atoms with Gasteiger partial charge < -0.3 is 10.4 Å². The molecule has 0 spiro atoms. The van der Waals surface area contributed by atoms with E-state index >= 15 is 0 Å². The summed E-state index contributed by atoms with van der Waals surface area (Å²) in [5.41, 5.74) is 0.938. The maximum Gasteiger partial charge on any atom is 0.273 e. The van der Waals surface area contributed by atoms with Crippen molar-refractivity contribution in [3.8, 4) is 5.69 Å². The Labute approximate surface area is 144 Å². The Morgan fingerprint density at radius 2 is 2.12 bits per heavy atom. The van der Waals surface area contributed by atoms with Gasteiger partial charge in [-0.15, -0.1) is 5.10 Å². The Bertz CT molecular complexity index is 763. The lowest BCUT2D eigenvalue weighted by molar-refractivity contribution is 0.0856. The first kappa shape index (κ1) is 15.6. The number of halogens is 1. The maximum atomic E-state index is 12.5. The van der Waals surface area contributed by atoms with Crippen LogP contribution in [-0.2, 0) is 0 Å². The van der Waals surface area contributed by atoms with Gasteiger partial charge in [0.1, 0.15) is 0 Å². The summed E-state index contributed by atoms with van der Waals surface area (Å²) in [6.45, 7) is 0.123. The third kappa shape index (κ3) is 2.59. The van der Waals surface area contributed by atoms with Gasteiger partial charge in [0.2, 0.25) is 0 Å². The molecule has 1 aromatic heterocycles. The van der Waals surface area contributed by atoms with Crippen LogP contribution in [0.15, 0.2) is 30.5 Å². The lowest BCUT2D eigenvalue weighted by Gasteiger charge is -2.30. The molecule has 1 heterocycles. The van der Waals surface area contributed by atoms with Gasteiger partial charge in [-0.25, -0.2) is 4.68 Å². The van der Waals surface area contributed by atoms with Crippen LogP contribution in [0.5, 0.6) is 0 Å². The van der Waals surface area contributed by atoms with Crippen molar-refractivity contribution in [3.05, 3.63) is 41.2 Å². The fourth-order valence-corrected chi connectivity index (χ4v) is 4.47. The summed E-state index contributed by atoms with van der Waals surface area (Å²) < 4.78 is 1.50. The molecule has 126 valence electrons. The van der Waals surface area contributed by atoms with E-state index < -0.39 is 0 Å². The maximum absolute atomic E-state index is 12.5. The van der Waals surface area contributed by atoms with Crippen LogP contribution >= 0.6 is 11.6 Å². The summed E-state index contributed by atoms with van der Waals surface area (Å²) >= 11 is 6.15. The Kier molecular flexibility index (Phi) is 4.02. The summed E-state index contributed by atoms with van der Waals surface area (Å²) in [5.74, 6) is 0.912. The number of nitrogens with one attached hydrogen (secondary N) is 1. The Morgan fingerprint density at radius 1 is 1.33 bits per heavy atom. The second-order valence-corrected chi connectivity index (χ2v) is 7.09. The molecule has 4 rings (SSSR count). The number of para-hydroxylation sites is 1. The monoisotopic (exact) mass is 346 g/mol. The minimum Gasteiger partial charge on any atom is -0.396 e. The van der Waals surface area contributed by atoms with Crippen molar-refractivity contribution >= 4 is 17.5 Å². The zero-order valence-electron chi connectivity index (χ0n) is 13.1. The Morgan fingerprint density at radius 3 is 2.92 bits per heavy atom. The molecule has 24 heavy (non-hydrogen) atoms. The molecule has 2 N–H and O–H groups in total. The number of aliphatic hydroxyl groups excluding tert-OH is 1. The zero-order chi connectivity index (χ0) is 16.7. The lowest BCUT2D eigenvalue weighted by atomic mass is 9.85. The highest BCUT2D eigenvalue weighted by Crippen LogP contribution is 2.48. The van der Waals surface area contributed by atoms with E-state index in [9.17, 15) is 9.90 Å². The summed E-state index contributed by atoms with van der Waals surface area (Å²) in [5, 5.41) is 21.2. The summed E-state index contributed by atoms with van der Waals surface area (Å²) in [7, 11) is 0. The van der Waals surface area contributed by atoms with E-state index in [-0.39, 0.29) is 30.2 Å². The van der Waals surface area contributed by atoms with E-state index in [1.807, 2.05) is 18.2 Å². The van der Waals surface area contributed by atoms with E-state index in [1.54, 1.807) is 12.3 Å². The number of amides is 1. The van der Waals surface area contributed by atoms with Crippen LogP contribution in [0, 0.1) is 17.8 Å². The van der Waals surface area contributed by atoms with E-state index in [4.69, 9.17) is 11.6 Å². The molecule has 2 bridgehead atoms. The first-order chi connectivity index (χ1) is 11.7. The number of nitrogens with zero attached hydrogens (tertiary/aromatic N) is 3. The van der Waals surface area contributed by atoms with Crippen molar-refractivity contribution in [1.82, 2.24) is 20.3 Å².